The molecule has 0 aliphatic rings. The van der Waals surface area contributed by atoms with Gasteiger partial charge in [-0.2, -0.15) is 0 Å². The van der Waals surface area contributed by atoms with E-state index in [0.717, 1.165) is 0 Å². The minimum absolute atomic E-state index is 0.123. The first-order chi connectivity index (χ1) is 10.0. The van der Waals surface area contributed by atoms with Gasteiger partial charge in [0.05, 0.1) is 33.4 Å². The van der Waals surface area contributed by atoms with Gasteiger partial charge in [0.15, 0.2) is 0 Å². The molecule has 0 spiro atoms. The summed E-state index contributed by atoms with van der Waals surface area (Å²) in [6, 6.07) is 4.31. The summed E-state index contributed by atoms with van der Waals surface area (Å²) in [6.45, 7) is 4.27. The van der Waals surface area contributed by atoms with E-state index in [-0.39, 0.29) is 30.4 Å². The Morgan fingerprint density at radius 3 is 2.86 bits per heavy atom. The van der Waals surface area contributed by atoms with Crippen molar-refractivity contribution in [1.29, 1.82) is 0 Å². The van der Waals surface area contributed by atoms with Crippen molar-refractivity contribution in [3.05, 3.63) is 29.0 Å². The minimum atomic E-state index is -1.41. The summed E-state index contributed by atoms with van der Waals surface area (Å²) in [5, 5.41) is 8.29. The van der Waals surface area contributed by atoms with Crippen molar-refractivity contribution in [3.63, 3.8) is 0 Å². The second kappa shape index (κ2) is 8.81. The zero-order valence-electron chi connectivity index (χ0n) is 11.9. The first-order valence-corrected chi connectivity index (χ1v) is 8.69. The average Bonchev–Trinajstić information content (AvgIpc) is 2.81. The molecule has 2 aromatic rings. The molecule has 2 rings (SSSR count). The van der Waals surface area contributed by atoms with Crippen LogP contribution in [0.3, 0.4) is 0 Å². The number of aromatic nitrogens is 1. The molecule has 1 unspecified atom stereocenters. The number of nitrogens with one attached hydrogen (secondary N) is 1. The van der Waals surface area contributed by atoms with E-state index in [1.165, 1.54) is 23.5 Å². The number of hydrogen-bond donors (Lipinski definition) is 2. The minimum Gasteiger partial charge on any atom is -0.355 e. The predicted octanol–water partition coefficient (Wildman–Crippen LogP) is 1.74. The molecular formula is C13H18FN3O2S2. The summed E-state index contributed by atoms with van der Waals surface area (Å²) < 4.78 is 24.3. The second-order valence-electron chi connectivity index (χ2n) is 3.83. The molecule has 1 heterocycles. The Morgan fingerprint density at radius 1 is 1.48 bits per heavy atom. The SMILES string of the molecule is CC.NS(=O)CCNC(=O)Cc1nc2ccc(F)cc2s1. The number of halogens is 1. The van der Waals surface area contributed by atoms with Gasteiger partial charge in [-0.25, -0.2) is 13.6 Å². The van der Waals surface area contributed by atoms with Crippen LogP contribution in [0.1, 0.15) is 18.9 Å². The van der Waals surface area contributed by atoms with Crippen LogP contribution < -0.4 is 10.5 Å². The predicted molar refractivity (Wildman–Crippen MR) is 84.8 cm³/mol. The summed E-state index contributed by atoms with van der Waals surface area (Å²) in [6.07, 6.45) is 0.123. The number of fused-ring (bicyclic) bond motifs is 1. The van der Waals surface area contributed by atoms with Crippen LogP contribution >= 0.6 is 11.3 Å². The number of benzene rings is 1. The number of rotatable bonds is 5. The molecule has 0 saturated carbocycles. The highest BCUT2D eigenvalue weighted by Gasteiger charge is 2.09. The third-order valence-corrected chi connectivity index (χ3v) is 3.96. The van der Waals surface area contributed by atoms with Crippen molar-refractivity contribution in [3.8, 4) is 0 Å². The van der Waals surface area contributed by atoms with Gasteiger partial charge in [-0.1, -0.05) is 13.8 Å². The van der Waals surface area contributed by atoms with Gasteiger partial charge in [-0.15, -0.1) is 11.3 Å². The molecule has 1 amide bonds. The third-order valence-electron chi connectivity index (χ3n) is 2.33. The Morgan fingerprint density at radius 2 is 2.19 bits per heavy atom. The van der Waals surface area contributed by atoms with E-state index in [2.05, 4.69) is 10.3 Å². The van der Waals surface area contributed by atoms with Gasteiger partial charge in [0.25, 0.3) is 0 Å². The lowest BCUT2D eigenvalue weighted by Crippen LogP contribution is -2.30. The van der Waals surface area contributed by atoms with Crippen molar-refractivity contribution in [2.75, 3.05) is 12.3 Å². The van der Waals surface area contributed by atoms with E-state index in [1.54, 1.807) is 6.07 Å². The molecule has 8 heteroatoms. The molecule has 0 aliphatic heterocycles. The highest BCUT2D eigenvalue weighted by atomic mass is 32.2. The van der Waals surface area contributed by atoms with Gasteiger partial charge in [0.2, 0.25) is 5.91 Å². The smallest absolute Gasteiger partial charge is 0.226 e. The van der Waals surface area contributed by atoms with E-state index in [4.69, 9.17) is 5.14 Å². The van der Waals surface area contributed by atoms with Crippen molar-refractivity contribution in [2.24, 2.45) is 5.14 Å². The van der Waals surface area contributed by atoms with E-state index >= 15 is 0 Å². The zero-order valence-corrected chi connectivity index (χ0v) is 13.5. The molecule has 0 saturated heterocycles. The van der Waals surface area contributed by atoms with E-state index in [9.17, 15) is 13.4 Å². The van der Waals surface area contributed by atoms with Crippen molar-refractivity contribution in [2.45, 2.75) is 20.3 Å². The fourth-order valence-corrected chi connectivity index (χ4v) is 2.81. The van der Waals surface area contributed by atoms with Crippen LogP contribution in [0.5, 0.6) is 0 Å². The molecule has 1 atom stereocenters. The van der Waals surface area contributed by atoms with Crippen LogP contribution in [0.25, 0.3) is 10.2 Å². The molecule has 3 N–H and O–H groups in total. The third kappa shape index (κ3) is 5.86. The Bertz CT molecular complexity index is 631. The summed E-state index contributed by atoms with van der Waals surface area (Å²) in [5.74, 6) is -0.320. The van der Waals surface area contributed by atoms with Crippen molar-refractivity contribution < 1.29 is 13.4 Å². The first kappa shape index (κ1) is 17.7. The maximum atomic E-state index is 13.0. The second-order valence-corrected chi connectivity index (χ2v) is 6.12. The summed E-state index contributed by atoms with van der Waals surface area (Å²) >= 11 is 1.28. The van der Waals surface area contributed by atoms with Crippen LogP contribution in [-0.4, -0.2) is 27.4 Å². The van der Waals surface area contributed by atoms with Crippen molar-refractivity contribution in [1.82, 2.24) is 10.3 Å². The van der Waals surface area contributed by atoms with E-state index in [1.807, 2.05) is 13.8 Å². The highest BCUT2D eigenvalue weighted by molar-refractivity contribution is 7.82. The molecule has 1 aromatic heterocycles. The summed E-state index contributed by atoms with van der Waals surface area (Å²) in [7, 11) is -1.41. The maximum absolute atomic E-state index is 13.0. The zero-order chi connectivity index (χ0) is 15.8. The van der Waals surface area contributed by atoms with Crippen LogP contribution in [0.4, 0.5) is 4.39 Å². The van der Waals surface area contributed by atoms with Gasteiger partial charge in [0, 0.05) is 6.54 Å². The lowest BCUT2D eigenvalue weighted by atomic mass is 10.3. The molecule has 0 radical (unpaired) electrons. The topological polar surface area (TPSA) is 85.1 Å². The molecule has 116 valence electrons. The van der Waals surface area contributed by atoms with Crippen LogP contribution in [0.15, 0.2) is 18.2 Å². The number of hydrogen-bond acceptors (Lipinski definition) is 4. The van der Waals surface area contributed by atoms with Crippen LogP contribution in [0, 0.1) is 5.82 Å². The monoisotopic (exact) mass is 331 g/mol. The van der Waals surface area contributed by atoms with Crippen LogP contribution in [-0.2, 0) is 22.2 Å². The fraction of sp³-hybridized carbons (Fsp3) is 0.385. The van der Waals surface area contributed by atoms with Gasteiger partial charge < -0.3 is 5.32 Å². The summed E-state index contributed by atoms with van der Waals surface area (Å²) in [5.41, 5.74) is 0.678. The quantitative estimate of drug-likeness (QED) is 0.875. The van der Waals surface area contributed by atoms with Crippen molar-refractivity contribution >= 4 is 38.4 Å². The number of nitrogens with zero attached hydrogens (tertiary/aromatic N) is 1. The Hall–Kier alpha value is -1.38. The normalized spacial score (nSPS) is 11.6. The summed E-state index contributed by atoms with van der Waals surface area (Å²) in [4.78, 5) is 15.8. The Labute approximate surface area is 129 Å². The number of carbonyl (C=O) groups excluding carboxylic acids is 1. The maximum Gasteiger partial charge on any atom is 0.226 e. The van der Waals surface area contributed by atoms with Gasteiger partial charge in [-0.3, -0.25) is 9.93 Å². The number of nitrogens with two attached hydrogens (primary N) is 1. The molecular weight excluding hydrogens is 313 g/mol. The first-order valence-electron chi connectivity index (χ1n) is 6.49. The number of carbonyl (C=O) groups is 1. The standard InChI is InChI=1S/C11H12FN3O2S2.C2H6/c12-7-1-2-8-9(5-7)18-11(15-8)6-10(16)14-3-4-19(13)17;1-2/h1-2,5H,3-4,6,13H2,(H,14,16);1-2H3. The van der Waals surface area contributed by atoms with Gasteiger partial charge in [0.1, 0.15) is 10.8 Å². The molecule has 1 aromatic carbocycles. The Balaban J connectivity index is 0.00000106. The Kier molecular flexibility index (Phi) is 7.41. The van der Waals surface area contributed by atoms with E-state index in [0.29, 0.717) is 15.2 Å². The number of amides is 1. The molecule has 5 nitrogen and oxygen atoms in total. The van der Waals surface area contributed by atoms with E-state index < -0.39 is 11.0 Å². The fourth-order valence-electron chi connectivity index (χ4n) is 1.51. The van der Waals surface area contributed by atoms with Crippen LogP contribution in [0.2, 0.25) is 0 Å². The van der Waals surface area contributed by atoms with Gasteiger partial charge in [-0.05, 0) is 18.2 Å². The molecule has 0 bridgehead atoms. The largest absolute Gasteiger partial charge is 0.355 e. The molecule has 0 fully saturated rings. The lowest BCUT2D eigenvalue weighted by molar-refractivity contribution is -0.120. The highest BCUT2D eigenvalue weighted by Crippen LogP contribution is 2.23. The number of thiazole rings is 1. The van der Waals surface area contributed by atoms with Gasteiger partial charge >= 0.3 is 0 Å². The molecule has 21 heavy (non-hydrogen) atoms. The average molecular weight is 331 g/mol. The molecule has 0 aliphatic carbocycles. The lowest BCUT2D eigenvalue weighted by Gasteiger charge is -2.01.